The van der Waals surface area contributed by atoms with Crippen LogP contribution in [0.25, 0.3) is 0 Å². The molecule has 1 aliphatic heterocycles. The molecule has 0 unspecified atom stereocenters. The third-order valence-corrected chi connectivity index (χ3v) is 4.84. The largest absolute Gasteiger partial charge is 0.462 e. The number of nitrogens with one attached hydrogen (secondary N) is 1. The van der Waals surface area contributed by atoms with E-state index >= 15 is 0 Å². The number of amides is 2. The van der Waals surface area contributed by atoms with E-state index in [1.807, 2.05) is 0 Å². The highest BCUT2D eigenvalue weighted by Gasteiger charge is 2.40. The standard InChI is InChI=1S/C20H28N2O4/c1-5-26-17(23)15-8-6-7-9-16(15)21-18(24)20(3,4)19(25)22-12-10-14(2)11-13-22/h6-9,14H,5,10-13H2,1-4H3,(H,21,24). The third kappa shape index (κ3) is 4.42. The van der Waals surface area contributed by atoms with Gasteiger partial charge in [0.15, 0.2) is 0 Å². The fraction of sp³-hybridized carbons (Fsp3) is 0.550. The summed E-state index contributed by atoms with van der Waals surface area (Å²) >= 11 is 0. The van der Waals surface area contributed by atoms with Gasteiger partial charge in [0.05, 0.1) is 17.9 Å². The van der Waals surface area contributed by atoms with Crippen LogP contribution in [0.4, 0.5) is 5.69 Å². The molecular weight excluding hydrogens is 332 g/mol. The van der Waals surface area contributed by atoms with Crippen molar-refractivity contribution in [1.82, 2.24) is 4.90 Å². The summed E-state index contributed by atoms with van der Waals surface area (Å²) in [4.78, 5) is 39.5. The van der Waals surface area contributed by atoms with E-state index < -0.39 is 17.3 Å². The second-order valence-corrected chi connectivity index (χ2v) is 7.32. The number of para-hydroxylation sites is 1. The first-order chi connectivity index (χ1) is 12.3. The highest BCUT2D eigenvalue weighted by Crippen LogP contribution is 2.26. The Kier molecular flexibility index (Phi) is 6.40. The van der Waals surface area contributed by atoms with Gasteiger partial charge in [0.1, 0.15) is 5.41 Å². The summed E-state index contributed by atoms with van der Waals surface area (Å²) in [6.07, 6.45) is 1.91. The smallest absolute Gasteiger partial charge is 0.340 e. The number of esters is 1. The number of piperidine rings is 1. The van der Waals surface area contributed by atoms with Gasteiger partial charge in [0.2, 0.25) is 11.8 Å². The molecule has 1 aromatic rings. The summed E-state index contributed by atoms with van der Waals surface area (Å²) < 4.78 is 5.02. The Labute approximate surface area is 154 Å². The highest BCUT2D eigenvalue weighted by molar-refractivity contribution is 6.11. The lowest BCUT2D eigenvalue weighted by Crippen LogP contribution is -2.49. The van der Waals surface area contributed by atoms with Gasteiger partial charge >= 0.3 is 5.97 Å². The molecule has 0 aromatic heterocycles. The predicted octanol–water partition coefficient (Wildman–Crippen LogP) is 3.09. The van der Waals surface area contributed by atoms with Crippen molar-refractivity contribution in [3.63, 3.8) is 0 Å². The molecule has 1 aliphatic rings. The topological polar surface area (TPSA) is 75.7 Å². The van der Waals surface area contributed by atoms with E-state index in [1.54, 1.807) is 49.9 Å². The first-order valence-corrected chi connectivity index (χ1v) is 9.14. The summed E-state index contributed by atoms with van der Waals surface area (Å²) in [5.41, 5.74) is -0.593. The molecule has 0 atom stereocenters. The van der Waals surface area contributed by atoms with Crippen LogP contribution < -0.4 is 5.32 Å². The number of ether oxygens (including phenoxy) is 1. The van der Waals surface area contributed by atoms with Gasteiger partial charge in [-0.05, 0) is 51.7 Å². The lowest BCUT2D eigenvalue weighted by molar-refractivity contribution is -0.147. The van der Waals surface area contributed by atoms with Gasteiger partial charge in [0.25, 0.3) is 0 Å². The maximum Gasteiger partial charge on any atom is 0.340 e. The second kappa shape index (κ2) is 8.34. The monoisotopic (exact) mass is 360 g/mol. The van der Waals surface area contributed by atoms with Crippen LogP contribution >= 0.6 is 0 Å². The van der Waals surface area contributed by atoms with Crippen molar-refractivity contribution < 1.29 is 19.1 Å². The van der Waals surface area contributed by atoms with E-state index in [-0.39, 0.29) is 18.1 Å². The van der Waals surface area contributed by atoms with Crippen molar-refractivity contribution in [2.45, 2.75) is 40.5 Å². The van der Waals surface area contributed by atoms with Crippen LogP contribution in [0.15, 0.2) is 24.3 Å². The number of likely N-dealkylation sites (tertiary alicyclic amines) is 1. The van der Waals surface area contributed by atoms with Crippen LogP contribution in [0.3, 0.4) is 0 Å². The number of hydrogen-bond acceptors (Lipinski definition) is 4. The number of carbonyl (C=O) groups excluding carboxylic acids is 3. The summed E-state index contributed by atoms with van der Waals surface area (Å²) in [6.45, 7) is 8.74. The second-order valence-electron chi connectivity index (χ2n) is 7.32. The molecule has 1 aromatic carbocycles. The normalized spacial score (nSPS) is 15.5. The Hall–Kier alpha value is -2.37. The first kappa shape index (κ1) is 19.9. The van der Waals surface area contributed by atoms with Gasteiger partial charge in [-0.25, -0.2) is 4.79 Å². The number of benzene rings is 1. The Morgan fingerprint density at radius 3 is 2.42 bits per heavy atom. The maximum absolute atomic E-state index is 12.9. The SMILES string of the molecule is CCOC(=O)c1ccccc1NC(=O)C(C)(C)C(=O)N1CCC(C)CC1. The van der Waals surface area contributed by atoms with Gasteiger partial charge in [-0.1, -0.05) is 19.1 Å². The van der Waals surface area contributed by atoms with Crippen molar-refractivity contribution >= 4 is 23.5 Å². The van der Waals surface area contributed by atoms with Gasteiger partial charge in [-0.3, -0.25) is 9.59 Å². The summed E-state index contributed by atoms with van der Waals surface area (Å²) in [5, 5.41) is 2.73. The molecule has 1 fully saturated rings. The average Bonchev–Trinajstić information content (AvgIpc) is 2.62. The Bertz CT molecular complexity index is 676. The molecule has 0 saturated carbocycles. The van der Waals surface area contributed by atoms with Crippen LogP contribution in [0.5, 0.6) is 0 Å². The molecule has 2 amide bonds. The molecule has 1 saturated heterocycles. The average molecular weight is 360 g/mol. The lowest BCUT2D eigenvalue weighted by atomic mass is 9.88. The zero-order valence-corrected chi connectivity index (χ0v) is 16.0. The fourth-order valence-electron chi connectivity index (χ4n) is 2.96. The number of rotatable bonds is 5. The zero-order chi connectivity index (χ0) is 19.3. The summed E-state index contributed by atoms with van der Waals surface area (Å²) in [7, 11) is 0. The minimum absolute atomic E-state index is 0.185. The van der Waals surface area contributed by atoms with E-state index in [0.29, 0.717) is 24.7 Å². The summed E-state index contributed by atoms with van der Waals surface area (Å²) in [5.74, 6) is -0.515. The maximum atomic E-state index is 12.9. The minimum atomic E-state index is -1.22. The molecule has 0 aliphatic carbocycles. The molecule has 1 N–H and O–H groups in total. The van der Waals surface area contributed by atoms with Crippen LogP contribution in [0.2, 0.25) is 0 Å². The van der Waals surface area contributed by atoms with Crippen LogP contribution in [0.1, 0.15) is 50.9 Å². The van der Waals surface area contributed by atoms with Crippen LogP contribution in [0, 0.1) is 11.3 Å². The lowest BCUT2D eigenvalue weighted by Gasteiger charge is -2.35. The van der Waals surface area contributed by atoms with Gasteiger partial charge < -0.3 is 15.0 Å². The van der Waals surface area contributed by atoms with E-state index in [2.05, 4.69) is 12.2 Å². The number of hydrogen-bond donors (Lipinski definition) is 1. The number of nitrogens with zero attached hydrogens (tertiary/aromatic N) is 1. The molecule has 1 heterocycles. The number of carbonyl (C=O) groups is 3. The van der Waals surface area contributed by atoms with E-state index in [0.717, 1.165) is 12.8 Å². The van der Waals surface area contributed by atoms with Crippen molar-refractivity contribution in [2.24, 2.45) is 11.3 Å². The predicted molar refractivity (Wildman–Crippen MR) is 99.8 cm³/mol. The van der Waals surface area contributed by atoms with Crippen molar-refractivity contribution in [2.75, 3.05) is 25.0 Å². The number of anilines is 1. The quantitative estimate of drug-likeness (QED) is 0.647. The van der Waals surface area contributed by atoms with Crippen molar-refractivity contribution in [1.29, 1.82) is 0 Å². The van der Waals surface area contributed by atoms with Crippen molar-refractivity contribution in [3.05, 3.63) is 29.8 Å². The molecular formula is C20H28N2O4. The molecule has 6 nitrogen and oxygen atoms in total. The van der Waals surface area contributed by atoms with E-state index in [4.69, 9.17) is 4.74 Å². The fourth-order valence-corrected chi connectivity index (χ4v) is 2.96. The molecule has 6 heteroatoms. The molecule has 142 valence electrons. The van der Waals surface area contributed by atoms with Gasteiger partial charge in [-0.15, -0.1) is 0 Å². The molecule has 0 spiro atoms. The highest BCUT2D eigenvalue weighted by atomic mass is 16.5. The third-order valence-electron chi connectivity index (χ3n) is 4.84. The van der Waals surface area contributed by atoms with Crippen LogP contribution in [-0.2, 0) is 14.3 Å². The van der Waals surface area contributed by atoms with Crippen molar-refractivity contribution in [3.8, 4) is 0 Å². The Morgan fingerprint density at radius 1 is 1.19 bits per heavy atom. The summed E-state index contributed by atoms with van der Waals surface area (Å²) in [6, 6.07) is 6.65. The first-order valence-electron chi connectivity index (χ1n) is 9.14. The van der Waals surface area contributed by atoms with Crippen LogP contribution in [-0.4, -0.2) is 42.4 Å². The molecule has 0 bridgehead atoms. The molecule has 26 heavy (non-hydrogen) atoms. The van der Waals surface area contributed by atoms with E-state index in [9.17, 15) is 14.4 Å². The molecule has 2 rings (SSSR count). The minimum Gasteiger partial charge on any atom is -0.462 e. The van der Waals surface area contributed by atoms with E-state index in [1.165, 1.54) is 0 Å². The Morgan fingerprint density at radius 2 is 1.81 bits per heavy atom. The Balaban J connectivity index is 2.13. The van der Waals surface area contributed by atoms with Gasteiger partial charge in [-0.2, -0.15) is 0 Å². The zero-order valence-electron chi connectivity index (χ0n) is 16.0. The molecule has 0 radical (unpaired) electrons. The van der Waals surface area contributed by atoms with Gasteiger partial charge in [0, 0.05) is 13.1 Å².